The van der Waals surface area contributed by atoms with Crippen molar-refractivity contribution in [1.29, 1.82) is 0 Å². The Morgan fingerprint density at radius 3 is 2.12 bits per heavy atom. The third-order valence-corrected chi connectivity index (χ3v) is 0.808. The van der Waals surface area contributed by atoms with E-state index in [2.05, 4.69) is 4.18 Å². The van der Waals surface area contributed by atoms with Gasteiger partial charge in [0, 0.05) is 0 Å². The summed E-state index contributed by atoms with van der Waals surface area (Å²) < 4.78 is 33.4. The van der Waals surface area contributed by atoms with E-state index in [1.165, 1.54) is 0 Å². The van der Waals surface area contributed by atoms with Gasteiger partial charge in [0.1, 0.15) is 0 Å². The van der Waals surface area contributed by atoms with E-state index in [-0.39, 0.29) is 0 Å². The minimum Gasteiger partial charge on any atom is -0.284 e. The molecule has 0 aliphatic rings. The zero-order valence-corrected chi connectivity index (χ0v) is 5.37. The summed E-state index contributed by atoms with van der Waals surface area (Å²) in [6.45, 7) is 2.09. The number of rotatable bonds is 2. The zero-order chi connectivity index (χ0) is 6.78. The molecule has 1 N–H and O–H groups in total. The molecule has 3 nitrogen and oxygen atoms in total. The van der Waals surface area contributed by atoms with Crippen LogP contribution in [0.15, 0.2) is 0 Å². The first-order valence-corrected chi connectivity index (χ1v) is 2.94. The van der Waals surface area contributed by atoms with Crippen LogP contribution < -0.4 is 0 Å². The van der Waals surface area contributed by atoms with Crippen LogP contribution in [-0.4, -0.2) is 14.6 Å². The zero-order valence-electron chi connectivity index (χ0n) is 4.55. The first kappa shape index (κ1) is 8.00. The summed E-state index contributed by atoms with van der Waals surface area (Å²) in [5, 5.41) is 0. The molecule has 0 rings (SSSR count). The van der Waals surface area contributed by atoms with Gasteiger partial charge < -0.3 is 0 Å². The van der Waals surface area contributed by atoms with Crippen molar-refractivity contribution < 1.29 is 17.3 Å². The van der Waals surface area contributed by atoms with Crippen LogP contribution in [0.5, 0.6) is 0 Å². The van der Waals surface area contributed by atoms with Crippen LogP contribution in [0.4, 0.5) is 4.39 Å². The molecule has 0 saturated carbocycles. The Kier molecular flexibility index (Phi) is 2.52. The first-order chi connectivity index (χ1) is 3.42. The molecule has 0 aromatic carbocycles. The predicted molar refractivity (Wildman–Crippen MR) is 27.0 cm³/mol. The number of alkyl halides is 1. The minimum atomic E-state index is -2.51. The molecule has 0 aromatic rings. The van der Waals surface area contributed by atoms with Crippen molar-refractivity contribution in [3.63, 3.8) is 0 Å². The predicted octanol–water partition coefficient (Wildman–Crippen LogP) is 0.845. The van der Waals surface area contributed by atoms with Crippen LogP contribution in [0.2, 0.25) is 0 Å². The maximum atomic E-state index is 12.1. The highest BCUT2D eigenvalue weighted by Gasteiger charge is 2.18. The molecule has 0 amide bonds. The topological polar surface area (TPSA) is 46.5 Å². The van der Waals surface area contributed by atoms with Crippen LogP contribution in [0, 0.1) is 0 Å². The van der Waals surface area contributed by atoms with E-state index < -0.39 is 17.2 Å². The molecule has 0 aliphatic heterocycles. The van der Waals surface area contributed by atoms with Crippen LogP contribution >= 0.6 is 0 Å². The Bertz CT molecular complexity index is 97.2. The van der Waals surface area contributed by atoms with E-state index in [1.807, 2.05) is 0 Å². The van der Waals surface area contributed by atoms with Crippen LogP contribution in [-0.2, 0) is 15.5 Å². The Hall–Kier alpha value is -0.0000000000000000486. The molecule has 0 radical (unpaired) electrons. The fourth-order valence-corrected chi connectivity index (χ4v) is 0.509. The molecule has 0 saturated heterocycles. The summed E-state index contributed by atoms with van der Waals surface area (Å²) in [5.41, 5.74) is 0. The minimum absolute atomic E-state index is 1.04. The lowest BCUT2D eigenvalue weighted by molar-refractivity contribution is -0.0206. The molecule has 0 aliphatic carbocycles. The molecule has 1 unspecified atom stereocenters. The van der Waals surface area contributed by atoms with Crippen LogP contribution in [0.25, 0.3) is 0 Å². The molecule has 50 valence electrons. The van der Waals surface area contributed by atoms with Crippen molar-refractivity contribution in [2.45, 2.75) is 19.7 Å². The molecule has 0 heterocycles. The fourth-order valence-electron chi connectivity index (χ4n) is 0.170. The van der Waals surface area contributed by atoms with Crippen molar-refractivity contribution in [3.8, 4) is 0 Å². The Morgan fingerprint density at radius 2 is 2.12 bits per heavy atom. The summed E-state index contributed by atoms with van der Waals surface area (Å²) in [7, 11) is 0. The molecule has 0 fully saturated rings. The second kappa shape index (κ2) is 2.52. The Morgan fingerprint density at radius 1 is 1.75 bits per heavy atom. The average molecular weight is 142 g/mol. The maximum Gasteiger partial charge on any atom is 0.304 e. The molecule has 0 bridgehead atoms. The number of hydrogen-bond acceptors (Lipinski definition) is 2. The first-order valence-electron chi connectivity index (χ1n) is 1.91. The van der Waals surface area contributed by atoms with Crippen molar-refractivity contribution >= 4 is 11.4 Å². The average Bonchev–Trinajstić information content (AvgIpc) is 1.21. The SMILES string of the molecule is CC(C)(F)OS(=O)O. The van der Waals surface area contributed by atoms with Crippen LogP contribution in [0.3, 0.4) is 0 Å². The molecule has 0 spiro atoms. The normalized spacial score (nSPS) is 16.0. The largest absolute Gasteiger partial charge is 0.304 e. The molecule has 5 heteroatoms. The summed E-state index contributed by atoms with van der Waals surface area (Å²) >= 11 is -2.51. The summed E-state index contributed by atoms with van der Waals surface area (Å²) in [6.07, 6.45) is 0. The van der Waals surface area contributed by atoms with E-state index in [1.54, 1.807) is 0 Å². The van der Waals surface area contributed by atoms with Gasteiger partial charge in [-0.1, -0.05) is 0 Å². The van der Waals surface area contributed by atoms with Gasteiger partial charge >= 0.3 is 11.4 Å². The number of halogens is 1. The highest BCUT2D eigenvalue weighted by Crippen LogP contribution is 2.10. The maximum absolute atomic E-state index is 12.1. The highest BCUT2D eigenvalue weighted by atomic mass is 32.2. The molecule has 1 atom stereocenters. The number of hydrogen-bond donors (Lipinski definition) is 1. The lowest BCUT2D eigenvalue weighted by Gasteiger charge is -2.09. The third-order valence-electron chi connectivity index (χ3n) is 0.269. The van der Waals surface area contributed by atoms with E-state index >= 15 is 0 Å². The fraction of sp³-hybridized carbons (Fsp3) is 1.00. The second-order valence-electron chi connectivity index (χ2n) is 1.66. The molecule has 0 aromatic heterocycles. The van der Waals surface area contributed by atoms with Gasteiger partial charge in [0.15, 0.2) is 0 Å². The third kappa shape index (κ3) is 6.00. The van der Waals surface area contributed by atoms with E-state index in [0.29, 0.717) is 0 Å². The van der Waals surface area contributed by atoms with Gasteiger partial charge in [0.25, 0.3) is 0 Å². The van der Waals surface area contributed by atoms with Crippen molar-refractivity contribution in [3.05, 3.63) is 0 Å². The lowest BCUT2D eigenvalue weighted by atomic mass is 10.4. The van der Waals surface area contributed by atoms with Crippen molar-refractivity contribution in [1.82, 2.24) is 0 Å². The Balaban J connectivity index is 3.55. The summed E-state index contributed by atoms with van der Waals surface area (Å²) in [5.74, 6) is -2.03. The van der Waals surface area contributed by atoms with E-state index in [0.717, 1.165) is 13.8 Å². The quantitative estimate of drug-likeness (QED) is 0.581. The van der Waals surface area contributed by atoms with Crippen molar-refractivity contribution in [2.75, 3.05) is 0 Å². The molecular formula is C3H7FO3S. The Labute approximate surface area is 49.3 Å². The monoisotopic (exact) mass is 142 g/mol. The lowest BCUT2D eigenvalue weighted by Crippen LogP contribution is -2.18. The van der Waals surface area contributed by atoms with Gasteiger partial charge in [-0.15, -0.1) is 0 Å². The van der Waals surface area contributed by atoms with Crippen LogP contribution in [0.1, 0.15) is 13.8 Å². The van der Waals surface area contributed by atoms with Crippen molar-refractivity contribution in [2.24, 2.45) is 0 Å². The van der Waals surface area contributed by atoms with Gasteiger partial charge in [-0.2, -0.15) is 4.21 Å². The van der Waals surface area contributed by atoms with Gasteiger partial charge in [-0.25, -0.2) is 8.57 Å². The van der Waals surface area contributed by atoms with Gasteiger partial charge in [-0.05, 0) is 13.8 Å². The second-order valence-corrected chi connectivity index (χ2v) is 2.26. The van der Waals surface area contributed by atoms with E-state index in [9.17, 15) is 8.60 Å². The van der Waals surface area contributed by atoms with E-state index in [4.69, 9.17) is 4.55 Å². The van der Waals surface area contributed by atoms with Gasteiger partial charge in [0.05, 0.1) is 0 Å². The summed E-state index contributed by atoms with van der Waals surface area (Å²) in [4.78, 5) is 0. The van der Waals surface area contributed by atoms with Gasteiger partial charge in [-0.3, -0.25) is 4.55 Å². The molecular weight excluding hydrogens is 135 g/mol. The smallest absolute Gasteiger partial charge is 0.284 e. The molecule has 8 heavy (non-hydrogen) atoms. The van der Waals surface area contributed by atoms with Gasteiger partial charge in [0.2, 0.25) is 5.85 Å². The summed E-state index contributed by atoms with van der Waals surface area (Å²) in [6, 6.07) is 0. The standard InChI is InChI=1S/C3H7FO3S/c1-3(2,4)7-8(5)6/h1-2H3,(H,5,6). The highest BCUT2D eigenvalue weighted by molar-refractivity contribution is 7.74.